The van der Waals surface area contributed by atoms with Crippen LogP contribution < -0.4 is 24.2 Å². The molecule has 0 saturated heterocycles. The van der Waals surface area contributed by atoms with E-state index in [-0.39, 0.29) is 16.8 Å². The van der Waals surface area contributed by atoms with E-state index in [1.807, 2.05) is 0 Å². The molecule has 0 unspecified atom stereocenters. The van der Waals surface area contributed by atoms with Gasteiger partial charge in [0.15, 0.2) is 6.10 Å². The zero-order chi connectivity index (χ0) is 23.1. The monoisotopic (exact) mass is 462 g/mol. The normalized spacial score (nSPS) is 15.5. The van der Waals surface area contributed by atoms with E-state index in [2.05, 4.69) is 10.0 Å². The van der Waals surface area contributed by atoms with Gasteiger partial charge in [-0.05, 0) is 56.2 Å². The predicted molar refractivity (Wildman–Crippen MR) is 122 cm³/mol. The van der Waals surface area contributed by atoms with Crippen molar-refractivity contribution in [3.63, 3.8) is 0 Å². The number of amides is 1. The Bertz CT molecular complexity index is 1020. The molecule has 0 spiro atoms. The Morgan fingerprint density at radius 3 is 2.25 bits per heavy atom. The first-order valence-electron chi connectivity index (χ1n) is 10.6. The third kappa shape index (κ3) is 6.06. The lowest BCUT2D eigenvalue weighted by Gasteiger charge is -2.24. The number of carbonyl (C=O) groups is 1. The molecule has 0 aliphatic heterocycles. The summed E-state index contributed by atoms with van der Waals surface area (Å²) in [5.74, 6) is 1.14. The minimum Gasteiger partial charge on any atom is -0.497 e. The lowest BCUT2D eigenvalue weighted by Crippen LogP contribution is -2.43. The van der Waals surface area contributed by atoms with Crippen LogP contribution in [0, 0.1) is 0 Å². The summed E-state index contributed by atoms with van der Waals surface area (Å²) in [4.78, 5) is 12.4. The highest BCUT2D eigenvalue weighted by Gasteiger charge is 2.21. The number of nitrogens with one attached hydrogen (secondary N) is 2. The van der Waals surface area contributed by atoms with Crippen LogP contribution in [0.3, 0.4) is 0 Å². The summed E-state index contributed by atoms with van der Waals surface area (Å²) in [6.45, 7) is 1.68. The number of sulfonamides is 1. The number of anilines is 1. The van der Waals surface area contributed by atoms with Gasteiger partial charge in [0.05, 0.1) is 24.8 Å². The van der Waals surface area contributed by atoms with Crippen molar-refractivity contribution >= 4 is 21.6 Å². The van der Waals surface area contributed by atoms with Crippen LogP contribution in [0.1, 0.15) is 39.0 Å². The molecule has 2 aromatic rings. The lowest BCUT2D eigenvalue weighted by atomic mass is 9.95. The van der Waals surface area contributed by atoms with Crippen LogP contribution in [-0.2, 0) is 14.8 Å². The second-order valence-electron chi connectivity index (χ2n) is 7.75. The Hall–Kier alpha value is -2.94. The summed E-state index contributed by atoms with van der Waals surface area (Å²) in [6, 6.07) is 10.9. The molecule has 1 atom stereocenters. The van der Waals surface area contributed by atoms with E-state index in [1.54, 1.807) is 25.1 Å². The summed E-state index contributed by atoms with van der Waals surface area (Å²) >= 11 is 0. The van der Waals surface area contributed by atoms with Gasteiger partial charge in [0.2, 0.25) is 0 Å². The molecule has 0 radical (unpaired) electrons. The Morgan fingerprint density at radius 1 is 0.969 bits per heavy atom. The molecule has 32 heavy (non-hydrogen) atoms. The molecular formula is C23H30N2O6S. The van der Waals surface area contributed by atoms with Crippen molar-refractivity contribution in [3.05, 3.63) is 42.5 Å². The molecule has 9 heteroatoms. The van der Waals surface area contributed by atoms with Gasteiger partial charge in [0.1, 0.15) is 17.2 Å². The number of methoxy groups -OCH3 is 2. The number of benzene rings is 2. The fourth-order valence-corrected chi connectivity index (χ4v) is 4.68. The van der Waals surface area contributed by atoms with Crippen LogP contribution in [0.2, 0.25) is 0 Å². The molecule has 0 aromatic heterocycles. The van der Waals surface area contributed by atoms with Gasteiger partial charge in [-0.25, -0.2) is 8.42 Å². The Kier molecular flexibility index (Phi) is 7.84. The average Bonchev–Trinajstić information content (AvgIpc) is 2.80. The maximum absolute atomic E-state index is 12.8. The van der Waals surface area contributed by atoms with Crippen LogP contribution in [0.15, 0.2) is 47.4 Å². The summed E-state index contributed by atoms with van der Waals surface area (Å²) in [6.07, 6.45) is 4.79. The molecule has 1 saturated carbocycles. The molecule has 0 heterocycles. The van der Waals surface area contributed by atoms with Gasteiger partial charge in [-0.1, -0.05) is 19.3 Å². The second-order valence-corrected chi connectivity index (χ2v) is 9.43. The van der Waals surface area contributed by atoms with Crippen molar-refractivity contribution in [2.24, 2.45) is 0 Å². The number of ether oxygens (including phenoxy) is 3. The molecule has 1 aliphatic rings. The third-order valence-corrected chi connectivity index (χ3v) is 6.80. The van der Waals surface area contributed by atoms with Crippen LogP contribution in [-0.4, -0.2) is 40.7 Å². The summed E-state index contributed by atoms with van der Waals surface area (Å²) in [5.41, 5.74) is 0.293. The van der Waals surface area contributed by atoms with Gasteiger partial charge in [0, 0.05) is 12.1 Å². The standard InChI is InChI=1S/C23H30N2O6S/c1-16(23(26)24-17-7-5-4-6-8-17)31-18-9-12-20(13-10-18)32(27,28)25-21-14-11-19(29-2)15-22(21)30-3/h9-17,25H,4-8H2,1-3H3,(H,24,26)/t16-/m0/s1. The predicted octanol–water partition coefficient (Wildman–Crippen LogP) is 3.72. The molecule has 1 fully saturated rings. The minimum absolute atomic E-state index is 0.0574. The van der Waals surface area contributed by atoms with Crippen LogP contribution >= 0.6 is 0 Å². The third-order valence-electron chi connectivity index (χ3n) is 5.42. The van der Waals surface area contributed by atoms with E-state index < -0.39 is 16.1 Å². The Morgan fingerprint density at radius 2 is 1.62 bits per heavy atom. The average molecular weight is 463 g/mol. The van der Waals surface area contributed by atoms with Crippen molar-refractivity contribution < 1.29 is 27.4 Å². The van der Waals surface area contributed by atoms with Crippen LogP contribution in [0.25, 0.3) is 0 Å². The summed E-state index contributed by atoms with van der Waals surface area (Å²) in [5, 5.41) is 3.03. The molecule has 2 N–H and O–H groups in total. The van der Waals surface area contributed by atoms with E-state index in [1.165, 1.54) is 44.9 Å². The lowest BCUT2D eigenvalue weighted by molar-refractivity contribution is -0.128. The van der Waals surface area contributed by atoms with E-state index in [9.17, 15) is 13.2 Å². The van der Waals surface area contributed by atoms with Gasteiger partial charge in [-0.15, -0.1) is 0 Å². The molecule has 0 bridgehead atoms. The van der Waals surface area contributed by atoms with E-state index in [0.29, 0.717) is 22.9 Å². The molecule has 174 valence electrons. The van der Waals surface area contributed by atoms with E-state index in [4.69, 9.17) is 14.2 Å². The van der Waals surface area contributed by atoms with E-state index in [0.717, 1.165) is 25.7 Å². The highest BCUT2D eigenvalue weighted by Crippen LogP contribution is 2.31. The Balaban J connectivity index is 1.63. The molecule has 1 aliphatic carbocycles. The van der Waals surface area contributed by atoms with Crippen molar-refractivity contribution in [2.75, 3.05) is 18.9 Å². The smallest absolute Gasteiger partial charge is 0.262 e. The van der Waals surface area contributed by atoms with Crippen LogP contribution in [0.4, 0.5) is 5.69 Å². The molecule has 3 rings (SSSR count). The van der Waals surface area contributed by atoms with Gasteiger partial charge < -0.3 is 19.5 Å². The first kappa shape index (κ1) is 23.7. The Labute approximate surface area is 189 Å². The van der Waals surface area contributed by atoms with E-state index >= 15 is 0 Å². The number of carbonyl (C=O) groups excluding carboxylic acids is 1. The zero-order valence-corrected chi connectivity index (χ0v) is 19.4. The fraction of sp³-hybridized carbons (Fsp3) is 0.435. The fourth-order valence-electron chi connectivity index (χ4n) is 3.61. The van der Waals surface area contributed by atoms with Gasteiger partial charge in [0.25, 0.3) is 15.9 Å². The zero-order valence-electron chi connectivity index (χ0n) is 18.6. The first-order valence-corrected chi connectivity index (χ1v) is 12.1. The minimum atomic E-state index is -3.85. The topological polar surface area (TPSA) is 103 Å². The molecule has 1 amide bonds. The molecular weight excluding hydrogens is 432 g/mol. The summed E-state index contributed by atoms with van der Waals surface area (Å²) in [7, 11) is -0.887. The number of hydrogen-bond acceptors (Lipinski definition) is 6. The number of hydrogen-bond donors (Lipinski definition) is 2. The van der Waals surface area contributed by atoms with Crippen molar-refractivity contribution in [1.82, 2.24) is 5.32 Å². The van der Waals surface area contributed by atoms with Crippen molar-refractivity contribution in [2.45, 2.75) is 56.1 Å². The maximum atomic E-state index is 12.8. The van der Waals surface area contributed by atoms with Gasteiger partial charge in [-0.2, -0.15) is 0 Å². The highest BCUT2D eigenvalue weighted by molar-refractivity contribution is 7.92. The first-order chi connectivity index (χ1) is 15.3. The largest absolute Gasteiger partial charge is 0.497 e. The maximum Gasteiger partial charge on any atom is 0.262 e. The van der Waals surface area contributed by atoms with Gasteiger partial charge >= 0.3 is 0 Å². The van der Waals surface area contributed by atoms with Crippen molar-refractivity contribution in [1.29, 1.82) is 0 Å². The van der Waals surface area contributed by atoms with Gasteiger partial charge in [-0.3, -0.25) is 9.52 Å². The second kappa shape index (κ2) is 10.6. The molecule has 8 nitrogen and oxygen atoms in total. The number of rotatable bonds is 9. The van der Waals surface area contributed by atoms with Crippen LogP contribution in [0.5, 0.6) is 17.2 Å². The quantitative estimate of drug-likeness (QED) is 0.589. The highest BCUT2D eigenvalue weighted by atomic mass is 32.2. The van der Waals surface area contributed by atoms with Crippen molar-refractivity contribution in [3.8, 4) is 17.2 Å². The SMILES string of the molecule is COc1ccc(NS(=O)(=O)c2ccc(O[C@@H](C)C(=O)NC3CCCCC3)cc2)c(OC)c1. The molecule has 2 aromatic carbocycles. The summed E-state index contributed by atoms with van der Waals surface area (Å²) < 4.78 is 44.2.